The smallest absolute Gasteiger partial charge is 0.141 e. The Kier molecular flexibility index (Phi) is 15.6. The summed E-state index contributed by atoms with van der Waals surface area (Å²) in [5.41, 5.74) is 0. The maximum atomic E-state index is 5.86. The van der Waals surface area contributed by atoms with Crippen LogP contribution in [0, 0.1) is 0 Å². The molecule has 0 N–H and O–H groups in total. The summed E-state index contributed by atoms with van der Waals surface area (Å²) in [7, 11) is 3.14. The van der Waals surface area contributed by atoms with E-state index < -0.39 is 0 Å². The molecule has 18 heavy (non-hydrogen) atoms. The Hall–Kier alpha value is 0.213. The van der Waals surface area contributed by atoms with E-state index >= 15 is 0 Å². The van der Waals surface area contributed by atoms with Gasteiger partial charge in [0.15, 0.2) is 0 Å². The van der Waals surface area contributed by atoms with Gasteiger partial charge in [-0.15, -0.1) is 0 Å². The van der Waals surface area contributed by atoms with E-state index in [1.807, 2.05) is 6.07 Å². The summed E-state index contributed by atoms with van der Waals surface area (Å²) in [6.07, 6.45) is 4.29. The molecule has 0 atom stereocenters. The first-order valence-electron chi connectivity index (χ1n) is 5.86. The Labute approximate surface area is 136 Å². The summed E-state index contributed by atoms with van der Waals surface area (Å²) >= 11 is 7.35. The van der Waals surface area contributed by atoms with Crippen molar-refractivity contribution in [2.75, 3.05) is 14.2 Å². The van der Waals surface area contributed by atoms with Crippen molar-refractivity contribution in [2.45, 2.75) is 31.2 Å². The zero-order valence-electron chi connectivity index (χ0n) is 11.3. The molecule has 0 amide bonds. The molecule has 0 bridgehead atoms. The largest absolute Gasteiger partial charge is 1.00 e. The first-order valence-corrected chi connectivity index (χ1v) is 8.34. The SMILES string of the molecule is CCCC[CH2][Zn+].COc1cccc(OC)c1Cl.[Br-]. The number of hydrogen-bond acceptors (Lipinski definition) is 2. The summed E-state index contributed by atoms with van der Waals surface area (Å²) in [5, 5.41) is 1.99. The molecule has 0 fully saturated rings. The minimum Gasteiger partial charge on any atom is -1.00 e. The van der Waals surface area contributed by atoms with Crippen molar-refractivity contribution in [3.05, 3.63) is 23.2 Å². The molecule has 0 radical (unpaired) electrons. The van der Waals surface area contributed by atoms with Gasteiger partial charge in [-0.1, -0.05) is 17.7 Å². The van der Waals surface area contributed by atoms with Gasteiger partial charge in [0.1, 0.15) is 16.5 Å². The van der Waals surface area contributed by atoms with Crippen LogP contribution in [-0.4, -0.2) is 14.2 Å². The average Bonchev–Trinajstić information content (AvgIpc) is 2.37. The quantitative estimate of drug-likeness (QED) is 0.562. The van der Waals surface area contributed by atoms with Crippen LogP contribution in [0.15, 0.2) is 18.2 Å². The molecular weight excluding hydrogens is 369 g/mol. The Morgan fingerprint density at radius 1 is 1.11 bits per heavy atom. The zero-order chi connectivity index (χ0) is 13.1. The molecule has 1 aromatic carbocycles. The molecule has 1 rings (SSSR count). The van der Waals surface area contributed by atoms with Gasteiger partial charge in [0, 0.05) is 0 Å². The third-order valence-electron chi connectivity index (χ3n) is 2.22. The van der Waals surface area contributed by atoms with Gasteiger partial charge < -0.3 is 26.5 Å². The van der Waals surface area contributed by atoms with E-state index in [1.54, 1.807) is 26.4 Å². The summed E-state index contributed by atoms with van der Waals surface area (Å²) in [4.78, 5) is 0. The normalized spacial score (nSPS) is 8.78. The molecule has 0 saturated heterocycles. The third-order valence-corrected chi connectivity index (χ3v) is 3.64. The van der Waals surface area contributed by atoms with Crippen molar-refractivity contribution < 1.29 is 44.8 Å². The van der Waals surface area contributed by atoms with Crippen LogP contribution < -0.4 is 26.5 Å². The third kappa shape index (κ3) is 8.34. The van der Waals surface area contributed by atoms with Crippen molar-refractivity contribution in [1.82, 2.24) is 0 Å². The van der Waals surface area contributed by atoms with Crippen molar-refractivity contribution >= 4 is 11.6 Å². The first kappa shape index (κ1) is 20.5. The summed E-state index contributed by atoms with van der Waals surface area (Å²) in [6, 6.07) is 5.39. The Morgan fingerprint density at radius 3 is 1.89 bits per heavy atom. The minimum absolute atomic E-state index is 0. The molecule has 1 aromatic rings. The topological polar surface area (TPSA) is 18.5 Å². The molecule has 0 aliphatic heterocycles. The fourth-order valence-corrected chi connectivity index (χ4v) is 2.25. The van der Waals surface area contributed by atoms with E-state index in [9.17, 15) is 0 Å². The second kappa shape index (κ2) is 13.6. The van der Waals surface area contributed by atoms with E-state index in [1.165, 1.54) is 42.6 Å². The van der Waals surface area contributed by atoms with Gasteiger partial charge in [0.2, 0.25) is 0 Å². The van der Waals surface area contributed by atoms with E-state index in [4.69, 9.17) is 21.1 Å². The number of rotatable bonds is 5. The van der Waals surface area contributed by atoms with Crippen LogP contribution >= 0.6 is 11.6 Å². The Morgan fingerprint density at radius 2 is 1.61 bits per heavy atom. The van der Waals surface area contributed by atoms with Crippen molar-refractivity contribution in [3.8, 4) is 11.5 Å². The van der Waals surface area contributed by atoms with E-state index in [0.717, 1.165) is 0 Å². The number of unbranched alkanes of at least 4 members (excludes halogenated alkanes) is 2. The van der Waals surface area contributed by atoms with Gasteiger partial charge >= 0.3 is 49.5 Å². The number of hydrogen-bond donors (Lipinski definition) is 0. The van der Waals surface area contributed by atoms with Gasteiger partial charge in [-0.2, -0.15) is 0 Å². The van der Waals surface area contributed by atoms with Gasteiger partial charge in [-0.05, 0) is 12.1 Å². The summed E-state index contributed by atoms with van der Waals surface area (Å²) in [5.74, 6) is 1.26. The van der Waals surface area contributed by atoms with E-state index in [0.29, 0.717) is 16.5 Å². The second-order valence-electron chi connectivity index (χ2n) is 3.54. The van der Waals surface area contributed by atoms with Crippen LogP contribution in [0.4, 0.5) is 0 Å². The molecule has 0 aromatic heterocycles. The molecule has 0 unspecified atom stereocenters. The Bertz CT molecular complexity index is 285. The molecule has 5 heteroatoms. The molecule has 0 heterocycles. The van der Waals surface area contributed by atoms with E-state index in [-0.39, 0.29) is 17.0 Å². The fraction of sp³-hybridized carbons (Fsp3) is 0.538. The van der Waals surface area contributed by atoms with Gasteiger partial charge in [-0.3, -0.25) is 0 Å². The van der Waals surface area contributed by atoms with Crippen LogP contribution in [0.2, 0.25) is 10.0 Å². The minimum atomic E-state index is 0. The predicted molar refractivity (Wildman–Crippen MR) is 68.9 cm³/mol. The standard InChI is InChI=1S/C8H9ClO2.C5H11.BrH.Zn/c1-10-6-4-3-5-7(11-2)8(6)9;1-3-5-4-2;;/h3-5H,1-2H3;1,3-5H2,2H3;1H;/q;;;+1/p-1. The van der Waals surface area contributed by atoms with Crippen molar-refractivity contribution in [1.29, 1.82) is 0 Å². The maximum Gasteiger partial charge on any atom is 0.141 e. The number of halogens is 2. The molecule has 0 saturated carbocycles. The summed E-state index contributed by atoms with van der Waals surface area (Å²) in [6.45, 7) is 2.25. The monoisotopic (exact) mass is 386 g/mol. The van der Waals surface area contributed by atoms with Crippen LogP contribution in [0.3, 0.4) is 0 Å². The van der Waals surface area contributed by atoms with Gasteiger partial charge in [0.05, 0.1) is 14.2 Å². The van der Waals surface area contributed by atoms with Crippen LogP contribution in [0.1, 0.15) is 26.2 Å². The van der Waals surface area contributed by atoms with Crippen LogP contribution in [0.5, 0.6) is 11.5 Å². The van der Waals surface area contributed by atoms with Crippen molar-refractivity contribution in [3.63, 3.8) is 0 Å². The number of methoxy groups -OCH3 is 2. The molecular formula is C13H20BrClO2Zn. The fourth-order valence-electron chi connectivity index (χ4n) is 1.23. The second-order valence-corrected chi connectivity index (χ2v) is 5.40. The molecule has 2 nitrogen and oxygen atoms in total. The van der Waals surface area contributed by atoms with Gasteiger partial charge in [0.25, 0.3) is 0 Å². The molecule has 0 aliphatic carbocycles. The summed E-state index contributed by atoms with van der Waals surface area (Å²) < 4.78 is 9.95. The molecule has 0 aliphatic rings. The average molecular weight is 389 g/mol. The van der Waals surface area contributed by atoms with Crippen LogP contribution in [0.25, 0.3) is 0 Å². The Balaban J connectivity index is 0. The first-order chi connectivity index (χ1) is 8.21. The zero-order valence-corrected chi connectivity index (χ0v) is 16.6. The number of benzene rings is 1. The van der Waals surface area contributed by atoms with Crippen molar-refractivity contribution in [2.24, 2.45) is 0 Å². The van der Waals surface area contributed by atoms with E-state index in [2.05, 4.69) is 6.92 Å². The predicted octanol–water partition coefficient (Wildman–Crippen LogP) is 1.50. The molecule has 100 valence electrons. The maximum absolute atomic E-state index is 5.86. The molecule has 0 spiro atoms. The van der Waals surface area contributed by atoms with Gasteiger partial charge in [-0.25, -0.2) is 0 Å². The number of ether oxygens (including phenoxy) is 2. The van der Waals surface area contributed by atoms with Crippen LogP contribution in [-0.2, 0) is 18.3 Å².